The Morgan fingerprint density at radius 3 is 2.81 bits per heavy atom. The zero-order chi connectivity index (χ0) is 18.4. The molecular formula is C19H16N2O3S2. The topological polar surface area (TPSA) is 65.1 Å². The van der Waals surface area contributed by atoms with Crippen molar-refractivity contribution >= 4 is 44.3 Å². The number of aromatic nitrogens is 2. The van der Waals surface area contributed by atoms with Crippen molar-refractivity contribution in [3.8, 4) is 0 Å². The average molecular weight is 384 g/mol. The van der Waals surface area contributed by atoms with Crippen LogP contribution in [0.25, 0.3) is 21.2 Å². The number of nitrogens with zero attached hydrogens (tertiary/aromatic N) is 2. The van der Waals surface area contributed by atoms with Gasteiger partial charge in [0.05, 0.1) is 5.39 Å². The molecule has 0 fully saturated rings. The molecule has 132 valence electrons. The highest BCUT2D eigenvalue weighted by Gasteiger charge is 2.13. The van der Waals surface area contributed by atoms with Crippen LogP contribution in [0, 0.1) is 13.8 Å². The van der Waals surface area contributed by atoms with Gasteiger partial charge in [-0.1, -0.05) is 23.9 Å². The highest BCUT2D eigenvalue weighted by atomic mass is 32.2. The molecular weight excluding hydrogens is 368 g/mol. The largest absolute Gasteiger partial charge is 0.422 e. The Labute approximate surface area is 157 Å². The van der Waals surface area contributed by atoms with Crippen molar-refractivity contribution in [2.75, 3.05) is 0 Å². The van der Waals surface area contributed by atoms with Gasteiger partial charge in [0.2, 0.25) is 0 Å². The van der Waals surface area contributed by atoms with Crippen LogP contribution in [0.4, 0.5) is 0 Å². The van der Waals surface area contributed by atoms with E-state index >= 15 is 0 Å². The minimum absolute atomic E-state index is 0.0531. The Hall–Kier alpha value is -2.38. The first-order valence-electron chi connectivity index (χ1n) is 8.05. The maximum Gasteiger partial charge on any atom is 0.336 e. The van der Waals surface area contributed by atoms with Gasteiger partial charge in [-0.15, -0.1) is 11.3 Å². The van der Waals surface area contributed by atoms with Crippen LogP contribution in [0.1, 0.15) is 16.7 Å². The molecule has 0 atom stereocenters. The second-order valence-corrected chi connectivity index (χ2v) is 8.00. The van der Waals surface area contributed by atoms with Crippen LogP contribution in [-0.2, 0) is 12.8 Å². The van der Waals surface area contributed by atoms with Crippen molar-refractivity contribution in [3.05, 3.63) is 67.1 Å². The Morgan fingerprint density at radius 1 is 1.19 bits per heavy atom. The monoisotopic (exact) mass is 384 g/mol. The quantitative estimate of drug-likeness (QED) is 0.303. The minimum Gasteiger partial charge on any atom is -0.422 e. The van der Waals surface area contributed by atoms with Gasteiger partial charge in [-0.3, -0.25) is 9.36 Å². The van der Waals surface area contributed by atoms with E-state index in [1.807, 2.05) is 31.4 Å². The molecule has 4 aromatic rings. The maximum absolute atomic E-state index is 12.4. The van der Waals surface area contributed by atoms with Crippen LogP contribution < -0.4 is 11.2 Å². The first-order valence-corrected chi connectivity index (χ1v) is 9.92. The lowest BCUT2D eigenvalue weighted by Gasteiger charge is -2.10. The third-order valence-corrected chi connectivity index (χ3v) is 6.42. The van der Waals surface area contributed by atoms with Crippen LogP contribution in [0.15, 0.2) is 48.8 Å². The first-order chi connectivity index (χ1) is 12.5. The van der Waals surface area contributed by atoms with E-state index in [0.29, 0.717) is 21.9 Å². The zero-order valence-corrected chi connectivity index (χ0v) is 16.2. The van der Waals surface area contributed by atoms with Crippen LogP contribution >= 0.6 is 23.1 Å². The molecule has 3 aromatic heterocycles. The standard InChI is InChI=1S/C19H16N2O3S2/c1-10-4-5-13-12(8-15(22)24-16(13)11(10)2)9-26-19-20-17-14(6-7-25-17)18(23)21(19)3/h4-8H,9H2,1-3H3. The van der Waals surface area contributed by atoms with Gasteiger partial charge < -0.3 is 4.42 Å². The van der Waals surface area contributed by atoms with E-state index in [-0.39, 0.29) is 11.2 Å². The number of rotatable bonds is 3. The fourth-order valence-electron chi connectivity index (χ4n) is 2.90. The molecule has 26 heavy (non-hydrogen) atoms. The third kappa shape index (κ3) is 2.77. The minimum atomic E-state index is -0.364. The molecule has 1 aromatic carbocycles. The summed E-state index contributed by atoms with van der Waals surface area (Å²) >= 11 is 2.90. The molecule has 0 amide bonds. The van der Waals surface area contributed by atoms with Gasteiger partial charge in [0.25, 0.3) is 5.56 Å². The van der Waals surface area contributed by atoms with E-state index in [1.165, 1.54) is 29.2 Å². The molecule has 0 unspecified atom stereocenters. The molecule has 0 saturated carbocycles. The van der Waals surface area contributed by atoms with Gasteiger partial charge in [0.1, 0.15) is 10.4 Å². The number of benzene rings is 1. The predicted octanol–water partition coefficient (Wildman–Crippen LogP) is 4.01. The van der Waals surface area contributed by atoms with Gasteiger partial charge >= 0.3 is 5.63 Å². The normalized spacial score (nSPS) is 11.5. The van der Waals surface area contributed by atoms with Crippen LogP contribution in [0.2, 0.25) is 0 Å². The number of thiophene rings is 1. The highest BCUT2D eigenvalue weighted by Crippen LogP contribution is 2.28. The Morgan fingerprint density at radius 2 is 2.00 bits per heavy atom. The van der Waals surface area contributed by atoms with Crippen LogP contribution in [0.5, 0.6) is 0 Å². The molecule has 0 aliphatic carbocycles. The molecule has 3 heterocycles. The molecule has 0 radical (unpaired) electrons. The van der Waals surface area contributed by atoms with Crippen molar-refractivity contribution < 1.29 is 4.42 Å². The van der Waals surface area contributed by atoms with Gasteiger partial charge in [-0.05, 0) is 42.0 Å². The maximum atomic E-state index is 12.4. The molecule has 4 rings (SSSR count). The van der Waals surface area contributed by atoms with Crippen molar-refractivity contribution in [3.63, 3.8) is 0 Å². The van der Waals surface area contributed by atoms with Crippen molar-refractivity contribution in [2.24, 2.45) is 7.05 Å². The summed E-state index contributed by atoms with van der Waals surface area (Å²) in [6.45, 7) is 3.94. The summed E-state index contributed by atoms with van der Waals surface area (Å²) in [5, 5.41) is 4.06. The average Bonchev–Trinajstić information content (AvgIpc) is 3.09. The fraction of sp³-hybridized carbons (Fsp3) is 0.211. The lowest BCUT2D eigenvalue weighted by Crippen LogP contribution is -2.19. The third-order valence-electron chi connectivity index (χ3n) is 4.54. The molecule has 0 N–H and O–H groups in total. The molecule has 0 spiro atoms. The summed E-state index contributed by atoms with van der Waals surface area (Å²) in [5.41, 5.74) is 3.14. The van der Waals surface area contributed by atoms with E-state index < -0.39 is 0 Å². The number of thioether (sulfide) groups is 1. The van der Waals surface area contributed by atoms with Crippen LogP contribution in [-0.4, -0.2) is 9.55 Å². The fourth-order valence-corrected chi connectivity index (χ4v) is 4.66. The van der Waals surface area contributed by atoms with E-state index in [1.54, 1.807) is 17.7 Å². The number of aryl methyl sites for hydroxylation is 2. The number of hydrogen-bond acceptors (Lipinski definition) is 6. The Balaban J connectivity index is 1.77. The Bertz CT molecular complexity index is 1270. The second kappa shape index (κ2) is 6.41. The molecule has 0 aliphatic heterocycles. The lowest BCUT2D eigenvalue weighted by atomic mass is 10.0. The summed E-state index contributed by atoms with van der Waals surface area (Å²) in [6.07, 6.45) is 0. The zero-order valence-electron chi connectivity index (χ0n) is 14.5. The molecule has 0 saturated heterocycles. The van der Waals surface area contributed by atoms with Crippen molar-refractivity contribution in [1.82, 2.24) is 9.55 Å². The molecule has 5 nitrogen and oxygen atoms in total. The van der Waals surface area contributed by atoms with Crippen LogP contribution in [0.3, 0.4) is 0 Å². The van der Waals surface area contributed by atoms with Crippen molar-refractivity contribution in [1.29, 1.82) is 0 Å². The number of hydrogen-bond donors (Lipinski definition) is 0. The first kappa shape index (κ1) is 17.1. The SMILES string of the molecule is Cc1ccc2c(CSc3nc4sccc4c(=O)n3C)cc(=O)oc2c1C. The number of fused-ring (bicyclic) bond motifs is 2. The van der Waals surface area contributed by atoms with E-state index in [9.17, 15) is 9.59 Å². The molecule has 0 bridgehead atoms. The molecule has 0 aliphatic rings. The highest BCUT2D eigenvalue weighted by molar-refractivity contribution is 7.98. The molecule has 7 heteroatoms. The van der Waals surface area contributed by atoms with E-state index in [0.717, 1.165) is 26.9 Å². The lowest BCUT2D eigenvalue weighted by molar-refractivity contribution is 0.557. The van der Waals surface area contributed by atoms with Crippen molar-refractivity contribution in [2.45, 2.75) is 24.8 Å². The predicted molar refractivity (Wildman–Crippen MR) is 106 cm³/mol. The second-order valence-electron chi connectivity index (χ2n) is 6.16. The Kier molecular flexibility index (Phi) is 4.20. The van der Waals surface area contributed by atoms with Gasteiger partial charge in [0, 0.05) is 24.3 Å². The summed E-state index contributed by atoms with van der Waals surface area (Å²) in [6, 6.07) is 7.32. The smallest absolute Gasteiger partial charge is 0.336 e. The summed E-state index contributed by atoms with van der Waals surface area (Å²) in [5.74, 6) is 0.530. The van der Waals surface area contributed by atoms with Gasteiger partial charge in [0.15, 0.2) is 5.16 Å². The van der Waals surface area contributed by atoms with E-state index in [4.69, 9.17) is 4.42 Å². The van der Waals surface area contributed by atoms with Gasteiger partial charge in [-0.2, -0.15) is 0 Å². The summed E-state index contributed by atoms with van der Waals surface area (Å²) < 4.78 is 6.98. The summed E-state index contributed by atoms with van der Waals surface area (Å²) in [7, 11) is 1.72. The van der Waals surface area contributed by atoms with Gasteiger partial charge in [-0.25, -0.2) is 9.78 Å². The summed E-state index contributed by atoms with van der Waals surface area (Å²) in [4.78, 5) is 29.7. The van der Waals surface area contributed by atoms with E-state index in [2.05, 4.69) is 4.98 Å².